The Morgan fingerprint density at radius 1 is 1.08 bits per heavy atom. The molecule has 3 aromatic rings. The Labute approximate surface area is 159 Å². The van der Waals surface area contributed by atoms with Crippen LogP contribution in [0.2, 0.25) is 0 Å². The van der Waals surface area contributed by atoms with E-state index in [9.17, 15) is 0 Å². The number of H-pyrrole nitrogens is 1. The smallest absolute Gasteiger partial charge is 0.193 e. The number of aryl methyl sites for hydroxylation is 1. The minimum atomic E-state index is 0. The van der Waals surface area contributed by atoms with Gasteiger partial charge in [-0.1, -0.05) is 43.3 Å². The summed E-state index contributed by atoms with van der Waals surface area (Å²) >= 11 is 0. The van der Waals surface area contributed by atoms with E-state index in [0.29, 0.717) is 12.5 Å². The highest BCUT2D eigenvalue weighted by Crippen LogP contribution is 2.22. The standard InChI is InChI=1S/C19H22N4.HI/c1-2-14-7-6-10-17-15(13-22-18(14)17)11-12-21-19(20)23-16-8-4-3-5-9-16;/h3-10,13,22H,2,11-12H2,1H3,(H3,20,21,23);1H. The number of halogens is 1. The number of aromatic nitrogens is 1. The fourth-order valence-corrected chi connectivity index (χ4v) is 2.78. The fourth-order valence-electron chi connectivity index (χ4n) is 2.78. The number of hydrogen-bond donors (Lipinski definition) is 3. The molecule has 0 atom stereocenters. The number of nitrogens with zero attached hydrogens (tertiary/aromatic N) is 1. The molecule has 126 valence electrons. The van der Waals surface area contributed by atoms with Crippen molar-refractivity contribution in [2.24, 2.45) is 10.7 Å². The van der Waals surface area contributed by atoms with Crippen molar-refractivity contribution in [3.63, 3.8) is 0 Å². The van der Waals surface area contributed by atoms with Crippen LogP contribution >= 0.6 is 24.0 Å². The van der Waals surface area contributed by atoms with Crippen molar-refractivity contribution in [3.05, 3.63) is 65.9 Å². The lowest BCUT2D eigenvalue weighted by Gasteiger charge is -2.05. The van der Waals surface area contributed by atoms with Gasteiger partial charge in [-0.15, -0.1) is 24.0 Å². The third-order valence-electron chi connectivity index (χ3n) is 3.98. The number of guanidine groups is 1. The molecule has 2 aromatic carbocycles. The lowest BCUT2D eigenvalue weighted by molar-refractivity contribution is 0.972. The molecule has 0 amide bonds. The first kappa shape index (κ1) is 18.3. The number of nitrogens with one attached hydrogen (secondary N) is 2. The summed E-state index contributed by atoms with van der Waals surface area (Å²) in [6, 6.07) is 16.3. The summed E-state index contributed by atoms with van der Waals surface area (Å²) in [5, 5.41) is 4.38. The van der Waals surface area contributed by atoms with Crippen molar-refractivity contribution in [2.75, 3.05) is 11.9 Å². The Bertz CT molecular complexity index is 809. The summed E-state index contributed by atoms with van der Waals surface area (Å²) in [6.45, 7) is 2.84. The van der Waals surface area contributed by atoms with E-state index in [4.69, 9.17) is 5.73 Å². The molecule has 0 bridgehead atoms. The van der Waals surface area contributed by atoms with E-state index < -0.39 is 0 Å². The molecule has 0 saturated carbocycles. The largest absolute Gasteiger partial charge is 0.370 e. The number of rotatable bonds is 5. The lowest BCUT2D eigenvalue weighted by Crippen LogP contribution is -2.22. The molecule has 0 spiro atoms. The number of aromatic amines is 1. The van der Waals surface area contributed by atoms with Gasteiger partial charge in [0.2, 0.25) is 0 Å². The van der Waals surface area contributed by atoms with Crippen LogP contribution in [0.5, 0.6) is 0 Å². The first-order valence-corrected chi connectivity index (χ1v) is 7.97. The van der Waals surface area contributed by atoms with Crippen LogP contribution in [0.1, 0.15) is 18.1 Å². The summed E-state index contributed by atoms with van der Waals surface area (Å²) in [5.41, 5.74) is 10.8. The van der Waals surface area contributed by atoms with E-state index in [-0.39, 0.29) is 24.0 Å². The normalized spacial score (nSPS) is 11.3. The molecule has 3 rings (SSSR count). The Hall–Kier alpha value is -2.02. The van der Waals surface area contributed by atoms with Gasteiger partial charge in [0.25, 0.3) is 0 Å². The number of nitrogens with two attached hydrogens (primary N) is 1. The minimum absolute atomic E-state index is 0. The first-order valence-electron chi connectivity index (χ1n) is 7.97. The van der Waals surface area contributed by atoms with E-state index in [2.05, 4.69) is 46.6 Å². The van der Waals surface area contributed by atoms with Crippen LogP contribution in [0, 0.1) is 0 Å². The van der Waals surface area contributed by atoms with Crippen molar-refractivity contribution in [1.29, 1.82) is 0 Å². The van der Waals surface area contributed by atoms with Crippen LogP contribution in [-0.4, -0.2) is 17.5 Å². The third-order valence-corrected chi connectivity index (χ3v) is 3.98. The van der Waals surface area contributed by atoms with Crippen molar-refractivity contribution in [1.82, 2.24) is 4.98 Å². The Morgan fingerprint density at radius 3 is 2.62 bits per heavy atom. The summed E-state index contributed by atoms with van der Waals surface area (Å²) in [6.07, 6.45) is 3.98. The van der Waals surface area contributed by atoms with Crippen LogP contribution in [0.15, 0.2) is 59.7 Å². The summed E-state index contributed by atoms with van der Waals surface area (Å²) in [4.78, 5) is 7.80. The van der Waals surface area contributed by atoms with Crippen LogP contribution in [0.4, 0.5) is 5.69 Å². The average molecular weight is 434 g/mol. The summed E-state index contributed by atoms with van der Waals surface area (Å²) in [7, 11) is 0. The molecule has 24 heavy (non-hydrogen) atoms. The van der Waals surface area contributed by atoms with Gasteiger partial charge in [-0.3, -0.25) is 4.99 Å². The Kier molecular flexibility index (Phi) is 6.66. The van der Waals surface area contributed by atoms with Crippen LogP contribution < -0.4 is 11.1 Å². The maximum Gasteiger partial charge on any atom is 0.193 e. The summed E-state index contributed by atoms with van der Waals surface area (Å²) < 4.78 is 0. The second-order valence-corrected chi connectivity index (χ2v) is 5.52. The number of para-hydroxylation sites is 2. The van der Waals surface area contributed by atoms with Gasteiger partial charge < -0.3 is 16.0 Å². The number of fused-ring (bicyclic) bond motifs is 1. The molecule has 0 saturated heterocycles. The zero-order chi connectivity index (χ0) is 16.1. The fraction of sp³-hybridized carbons (Fsp3) is 0.211. The number of benzene rings is 2. The van der Waals surface area contributed by atoms with Crippen molar-refractivity contribution >= 4 is 46.5 Å². The van der Waals surface area contributed by atoms with Gasteiger partial charge in [0, 0.05) is 29.3 Å². The number of hydrogen-bond acceptors (Lipinski definition) is 1. The van der Waals surface area contributed by atoms with E-state index in [0.717, 1.165) is 18.5 Å². The highest BCUT2D eigenvalue weighted by molar-refractivity contribution is 14.0. The molecule has 0 radical (unpaired) electrons. The highest BCUT2D eigenvalue weighted by atomic mass is 127. The van der Waals surface area contributed by atoms with Gasteiger partial charge in [0.05, 0.1) is 0 Å². The predicted octanol–water partition coefficient (Wildman–Crippen LogP) is 4.32. The maximum absolute atomic E-state index is 5.93. The molecular weight excluding hydrogens is 411 g/mol. The molecule has 5 heteroatoms. The van der Waals surface area contributed by atoms with Gasteiger partial charge in [0.15, 0.2) is 5.96 Å². The van der Waals surface area contributed by atoms with Gasteiger partial charge in [-0.25, -0.2) is 0 Å². The average Bonchev–Trinajstić information content (AvgIpc) is 2.99. The molecule has 0 aliphatic heterocycles. The van der Waals surface area contributed by atoms with Gasteiger partial charge in [0.1, 0.15) is 0 Å². The molecule has 1 heterocycles. The predicted molar refractivity (Wildman–Crippen MR) is 113 cm³/mol. The van der Waals surface area contributed by atoms with E-state index in [1.807, 2.05) is 30.3 Å². The second kappa shape index (κ2) is 8.73. The molecule has 4 N–H and O–H groups in total. The highest BCUT2D eigenvalue weighted by Gasteiger charge is 2.06. The van der Waals surface area contributed by atoms with E-state index >= 15 is 0 Å². The van der Waals surface area contributed by atoms with Gasteiger partial charge in [-0.2, -0.15) is 0 Å². The Morgan fingerprint density at radius 2 is 1.88 bits per heavy atom. The monoisotopic (exact) mass is 434 g/mol. The van der Waals surface area contributed by atoms with Gasteiger partial charge in [-0.05, 0) is 36.1 Å². The quantitative estimate of drug-likeness (QED) is 0.318. The lowest BCUT2D eigenvalue weighted by atomic mass is 10.1. The first-order chi connectivity index (χ1) is 11.3. The zero-order valence-electron chi connectivity index (χ0n) is 13.8. The number of anilines is 1. The minimum Gasteiger partial charge on any atom is -0.370 e. The molecule has 0 aliphatic carbocycles. The molecule has 0 unspecified atom stereocenters. The summed E-state index contributed by atoms with van der Waals surface area (Å²) in [5.74, 6) is 0.449. The van der Waals surface area contributed by atoms with Crippen molar-refractivity contribution in [2.45, 2.75) is 19.8 Å². The molecule has 4 nitrogen and oxygen atoms in total. The topological polar surface area (TPSA) is 66.2 Å². The van der Waals surface area contributed by atoms with E-state index in [1.165, 1.54) is 22.0 Å². The van der Waals surface area contributed by atoms with Crippen molar-refractivity contribution in [3.8, 4) is 0 Å². The molecule has 0 aliphatic rings. The van der Waals surface area contributed by atoms with Crippen LogP contribution in [-0.2, 0) is 12.8 Å². The second-order valence-electron chi connectivity index (χ2n) is 5.52. The van der Waals surface area contributed by atoms with Crippen LogP contribution in [0.3, 0.4) is 0 Å². The maximum atomic E-state index is 5.93. The molecule has 1 aromatic heterocycles. The van der Waals surface area contributed by atoms with Crippen molar-refractivity contribution < 1.29 is 0 Å². The molecular formula is C19H23IN4. The SMILES string of the molecule is CCc1cccc2c(CCN=C(N)Nc3ccccc3)c[nH]c12.I. The van der Waals surface area contributed by atoms with E-state index in [1.54, 1.807) is 0 Å². The molecule has 0 fully saturated rings. The van der Waals surface area contributed by atoms with Crippen LogP contribution in [0.25, 0.3) is 10.9 Å². The zero-order valence-corrected chi connectivity index (χ0v) is 16.1. The third kappa shape index (κ3) is 4.29. The number of aliphatic imine (C=N–C) groups is 1. The van der Waals surface area contributed by atoms with Gasteiger partial charge >= 0.3 is 0 Å². The Balaban J connectivity index is 0.00000208.